The summed E-state index contributed by atoms with van der Waals surface area (Å²) in [6.07, 6.45) is 3.27. The fourth-order valence-electron chi connectivity index (χ4n) is 1.97. The third kappa shape index (κ3) is 2.26. The first-order chi connectivity index (χ1) is 9.65. The van der Waals surface area contributed by atoms with Crippen molar-refractivity contribution >= 4 is 28.5 Å². The Bertz CT molecular complexity index is 795. The minimum absolute atomic E-state index is 0.332. The molecule has 2 heterocycles. The summed E-state index contributed by atoms with van der Waals surface area (Å²) in [5, 5.41) is 1.29. The number of carbonyl (C=O) groups excluding carboxylic acids is 1. The van der Waals surface area contributed by atoms with E-state index < -0.39 is 5.97 Å². The van der Waals surface area contributed by atoms with E-state index in [0.717, 1.165) is 10.9 Å². The van der Waals surface area contributed by atoms with Gasteiger partial charge in [0.2, 0.25) is 0 Å². The van der Waals surface area contributed by atoms with Gasteiger partial charge in [-0.15, -0.1) is 0 Å². The maximum atomic E-state index is 12.2. The number of H-pyrrole nitrogens is 1. The molecule has 0 radical (unpaired) electrons. The standard InChI is InChI=1S/C15H11ClN2O2/c1-9-13(16)7-10(8-18-9)20-15(19)12-3-2-4-14-11(12)5-6-17-14/h2-8,17H,1H3. The Kier molecular flexibility index (Phi) is 3.16. The zero-order chi connectivity index (χ0) is 14.1. The van der Waals surface area contributed by atoms with Crippen molar-refractivity contribution in [2.24, 2.45) is 0 Å². The third-order valence-electron chi connectivity index (χ3n) is 3.03. The number of hydrogen-bond donors (Lipinski definition) is 1. The number of hydrogen-bond acceptors (Lipinski definition) is 3. The summed E-state index contributed by atoms with van der Waals surface area (Å²) in [5.74, 6) is -0.102. The average Bonchev–Trinajstić information content (AvgIpc) is 2.91. The van der Waals surface area contributed by atoms with E-state index >= 15 is 0 Å². The van der Waals surface area contributed by atoms with Gasteiger partial charge in [-0.25, -0.2) is 4.79 Å². The van der Waals surface area contributed by atoms with Crippen LogP contribution in [0.5, 0.6) is 5.75 Å². The number of ether oxygens (including phenoxy) is 1. The molecule has 0 saturated heterocycles. The van der Waals surface area contributed by atoms with E-state index in [1.165, 1.54) is 6.20 Å². The molecule has 0 spiro atoms. The van der Waals surface area contributed by atoms with Crippen LogP contribution >= 0.6 is 11.6 Å². The number of aryl methyl sites for hydroxylation is 1. The molecule has 0 bridgehead atoms. The molecule has 0 aliphatic rings. The van der Waals surface area contributed by atoms with Gasteiger partial charge in [-0.1, -0.05) is 17.7 Å². The minimum atomic E-state index is -0.433. The van der Waals surface area contributed by atoms with Crippen molar-refractivity contribution in [3.63, 3.8) is 0 Å². The Morgan fingerprint density at radius 1 is 1.35 bits per heavy atom. The van der Waals surface area contributed by atoms with Gasteiger partial charge in [-0.2, -0.15) is 0 Å². The summed E-state index contributed by atoms with van der Waals surface area (Å²) in [6.45, 7) is 1.79. The predicted octanol–water partition coefficient (Wildman–Crippen LogP) is 3.74. The minimum Gasteiger partial charge on any atom is -0.421 e. The molecule has 0 aliphatic heterocycles. The van der Waals surface area contributed by atoms with Crippen molar-refractivity contribution in [2.75, 3.05) is 0 Å². The van der Waals surface area contributed by atoms with Crippen molar-refractivity contribution in [3.8, 4) is 5.75 Å². The van der Waals surface area contributed by atoms with E-state index in [1.807, 2.05) is 12.1 Å². The number of nitrogens with one attached hydrogen (secondary N) is 1. The van der Waals surface area contributed by atoms with Crippen molar-refractivity contribution in [2.45, 2.75) is 6.92 Å². The summed E-state index contributed by atoms with van der Waals surface area (Å²) in [4.78, 5) is 19.3. The normalized spacial score (nSPS) is 10.7. The fourth-order valence-corrected chi connectivity index (χ4v) is 2.13. The monoisotopic (exact) mass is 286 g/mol. The summed E-state index contributed by atoms with van der Waals surface area (Å²) in [6, 6.07) is 8.85. The van der Waals surface area contributed by atoms with Crippen LogP contribution in [0.25, 0.3) is 10.9 Å². The lowest BCUT2D eigenvalue weighted by atomic mass is 10.1. The molecule has 4 nitrogen and oxygen atoms in total. The zero-order valence-corrected chi connectivity index (χ0v) is 11.4. The first-order valence-electron chi connectivity index (χ1n) is 6.05. The van der Waals surface area contributed by atoms with Crippen LogP contribution in [0.4, 0.5) is 0 Å². The maximum Gasteiger partial charge on any atom is 0.344 e. The molecule has 1 N–H and O–H groups in total. The van der Waals surface area contributed by atoms with E-state index in [-0.39, 0.29) is 0 Å². The van der Waals surface area contributed by atoms with Gasteiger partial charge in [0.15, 0.2) is 5.75 Å². The summed E-state index contributed by atoms with van der Waals surface area (Å²) in [5.41, 5.74) is 2.08. The van der Waals surface area contributed by atoms with Crippen LogP contribution < -0.4 is 4.74 Å². The highest BCUT2D eigenvalue weighted by atomic mass is 35.5. The van der Waals surface area contributed by atoms with Gasteiger partial charge in [-0.3, -0.25) is 4.98 Å². The van der Waals surface area contributed by atoms with Gasteiger partial charge in [0.25, 0.3) is 0 Å². The smallest absolute Gasteiger partial charge is 0.344 e. The van der Waals surface area contributed by atoms with Crippen LogP contribution in [0.1, 0.15) is 16.1 Å². The number of benzene rings is 1. The number of rotatable bonds is 2. The van der Waals surface area contributed by atoms with Crippen LogP contribution in [0.3, 0.4) is 0 Å². The molecule has 20 heavy (non-hydrogen) atoms. The van der Waals surface area contributed by atoms with Crippen molar-refractivity contribution < 1.29 is 9.53 Å². The molecule has 0 saturated carbocycles. The second-order valence-corrected chi connectivity index (χ2v) is 4.78. The molecule has 0 aliphatic carbocycles. The molecule has 0 amide bonds. The second kappa shape index (κ2) is 4.98. The second-order valence-electron chi connectivity index (χ2n) is 4.37. The molecule has 0 atom stereocenters. The SMILES string of the molecule is Cc1ncc(OC(=O)c2cccc3[nH]ccc23)cc1Cl. The molecule has 2 aromatic heterocycles. The molecular weight excluding hydrogens is 276 g/mol. The van der Waals surface area contributed by atoms with Gasteiger partial charge in [0, 0.05) is 23.2 Å². The van der Waals surface area contributed by atoms with Crippen LogP contribution in [-0.4, -0.2) is 15.9 Å². The third-order valence-corrected chi connectivity index (χ3v) is 3.41. The maximum absolute atomic E-state index is 12.2. The Labute approximate surface area is 120 Å². The van der Waals surface area contributed by atoms with E-state index in [0.29, 0.717) is 22.0 Å². The highest BCUT2D eigenvalue weighted by Crippen LogP contribution is 2.22. The lowest BCUT2D eigenvalue weighted by Gasteiger charge is -2.06. The van der Waals surface area contributed by atoms with Gasteiger partial charge < -0.3 is 9.72 Å². The first-order valence-corrected chi connectivity index (χ1v) is 6.43. The van der Waals surface area contributed by atoms with Gasteiger partial charge >= 0.3 is 5.97 Å². The fraction of sp³-hybridized carbons (Fsp3) is 0.0667. The molecule has 1 aromatic carbocycles. The zero-order valence-electron chi connectivity index (χ0n) is 10.7. The number of pyridine rings is 1. The lowest BCUT2D eigenvalue weighted by molar-refractivity contribution is 0.0736. The van der Waals surface area contributed by atoms with Crippen molar-refractivity contribution in [3.05, 3.63) is 59.0 Å². The quantitative estimate of drug-likeness (QED) is 0.730. The number of carbonyl (C=O) groups is 1. The van der Waals surface area contributed by atoms with Crippen LogP contribution in [0, 0.1) is 6.92 Å². The molecule has 0 unspecified atom stereocenters. The highest BCUT2D eigenvalue weighted by molar-refractivity contribution is 6.31. The van der Waals surface area contributed by atoms with Gasteiger partial charge in [0.1, 0.15) is 0 Å². The number of aromatic nitrogens is 2. The summed E-state index contributed by atoms with van der Waals surface area (Å²) >= 11 is 5.96. The molecule has 0 fully saturated rings. The van der Waals surface area contributed by atoms with E-state index in [2.05, 4.69) is 9.97 Å². The molecular formula is C15H11ClN2O2. The van der Waals surface area contributed by atoms with E-state index in [9.17, 15) is 4.79 Å². The number of aromatic amines is 1. The highest BCUT2D eigenvalue weighted by Gasteiger charge is 2.13. The van der Waals surface area contributed by atoms with Crippen molar-refractivity contribution in [1.82, 2.24) is 9.97 Å². The van der Waals surface area contributed by atoms with Crippen molar-refractivity contribution in [1.29, 1.82) is 0 Å². The van der Waals surface area contributed by atoms with Crippen LogP contribution in [0.2, 0.25) is 5.02 Å². The summed E-state index contributed by atoms with van der Waals surface area (Å²) < 4.78 is 5.31. The topological polar surface area (TPSA) is 55.0 Å². The van der Waals surface area contributed by atoms with Gasteiger partial charge in [0.05, 0.1) is 22.5 Å². The molecule has 5 heteroatoms. The Balaban J connectivity index is 1.93. The van der Waals surface area contributed by atoms with E-state index in [4.69, 9.17) is 16.3 Å². The lowest BCUT2D eigenvalue weighted by Crippen LogP contribution is -2.09. The predicted molar refractivity (Wildman–Crippen MR) is 77.2 cm³/mol. The summed E-state index contributed by atoms with van der Waals surface area (Å²) in [7, 11) is 0. The number of halogens is 1. The Hall–Kier alpha value is -2.33. The first kappa shape index (κ1) is 12.7. The Morgan fingerprint density at radius 3 is 3.00 bits per heavy atom. The molecule has 3 rings (SSSR count). The largest absolute Gasteiger partial charge is 0.421 e. The van der Waals surface area contributed by atoms with Crippen LogP contribution in [-0.2, 0) is 0 Å². The number of nitrogens with zero attached hydrogens (tertiary/aromatic N) is 1. The molecule has 100 valence electrons. The number of fused-ring (bicyclic) bond motifs is 1. The average molecular weight is 287 g/mol. The van der Waals surface area contributed by atoms with E-state index in [1.54, 1.807) is 31.3 Å². The van der Waals surface area contributed by atoms with Gasteiger partial charge in [-0.05, 0) is 25.1 Å². The van der Waals surface area contributed by atoms with Crippen LogP contribution in [0.15, 0.2) is 42.7 Å². The Morgan fingerprint density at radius 2 is 2.20 bits per heavy atom. The molecule has 3 aromatic rings. The number of esters is 1.